The first-order valence-electron chi connectivity index (χ1n) is 8.75. The Balaban J connectivity index is 2.01. The fourth-order valence-corrected chi connectivity index (χ4v) is 3.38. The molecule has 0 aromatic carbocycles. The Hall–Kier alpha value is -2.16. The van der Waals surface area contributed by atoms with E-state index in [0.717, 1.165) is 32.2 Å². The molecule has 0 spiro atoms. The van der Waals surface area contributed by atoms with E-state index in [4.69, 9.17) is 10.8 Å². The van der Waals surface area contributed by atoms with Crippen LogP contribution in [0, 0.1) is 0 Å². The molecule has 2 aliphatic heterocycles. The van der Waals surface area contributed by atoms with Crippen LogP contribution in [0.3, 0.4) is 0 Å². The molecule has 140 valence electrons. The number of carboxylic acid groups (broad SMARTS) is 1. The zero-order valence-corrected chi connectivity index (χ0v) is 14.2. The zero-order chi connectivity index (χ0) is 18.4. The molecule has 25 heavy (non-hydrogen) atoms. The highest BCUT2D eigenvalue weighted by atomic mass is 16.4. The molecule has 2 saturated heterocycles. The molecule has 0 aliphatic carbocycles. The van der Waals surface area contributed by atoms with Crippen LogP contribution in [0.5, 0.6) is 0 Å². The van der Waals surface area contributed by atoms with Gasteiger partial charge in [0.05, 0.1) is 6.04 Å². The van der Waals surface area contributed by atoms with Gasteiger partial charge in [-0.25, -0.2) is 0 Å². The number of nitrogens with two attached hydrogens (primary N) is 1. The van der Waals surface area contributed by atoms with E-state index in [-0.39, 0.29) is 24.8 Å². The molecule has 5 N–H and O–H groups in total. The first-order chi connectivity index (χ1) is 11.9. The molecule has 0 unspecified atom stereocenters. The van der Waals surface area contributed by atoms with Crippen LogP contribution in [-0.2, 0) is 19.2 Å². The highest BCUT2D eigenvalue weighted by Crippen LogP contribution is 2.20. The van der Waals surface area contributed by atoms with Crippen molar-refractivity contribution in [3.8, 4) is 0 Å². The van der Waals surface area contributed by atoms with E-state index in [2.05, 4.69) is 10.6 Å². The number of nitrogens with one attached hydrogen (secondary N) is 2. The van der Waals surface area contributed by atoms with E-state index < -0.39 is 29.9 Å². The first kappa shape index (κ1) is 19.2. The van der Waals surface area contributed by atoms with Crippen LogP contribution in [0.4, 0.5) is 0 Å². The molecular weight excluding hydrogens is 328 g/mol. The monoisotopic (exact) mass is 354 g/mol. The van der Waals surface area contributed by atoms with Crippen LogP contribution in [0.25, 0.3) is 0 Å². The van der Waals surface area contributed by atoms with Gasteiger partial charge in [0.25, 0.3) is 0 Å². The number of aliphatic carboxylic acids is 1. The van der Waals surface area contributed by atoms with Gasteiger partial charge in [-0.2, -0.15) is 0 Å². The van der Waals surface area contributed by atoms with Crippen LogP contribution >= 0.6 is 0 Å². The van der Waals surface area contributed by atoms with Crippen molar-refractivity contribution in [1.82, 2.24) is 15.5 Å². The van der Waals surface area contributed by atoms with E-state index >= 15 is 0 Å². The van der Waals surface area contributed by atoms with Crippen LogP contribution in [-0.4, -0.2) is 64.9 Å². The van der Waals surface area contributed by atoms with Crippen molar-refractivity contribution < 1.29 is 24.3 Å². The highest BCUT2D eigenvalue weighted by Gasteiger charge is 2.37. The molecule has 2 rings (SSSR count). The third-order valence-electron chi connectivity index (χ3n) is 4.75. The van der Waals surface area contributed by atoms with Gasteiger partial charge in [0.1, 0.15) is 12.1 Å². The molecule has 0 saturated carbocycles. The maximum Gasteiger partial charge on any atom is 0.303 e. The number of piperidine rings is 1. The molecule has 2 heterocycles. The first-order valence-corrected chi connectivity index (χ1v) is 8.75. The van der Waals surface area contributed by atoms with Crippen molar-refractivity contribution in [2.24, 2.45) is 5.73 Å². The number of likely N-dealkylation sites (tertiary alicyclic amines) is 1. The van der Waals surface area contributed by atoms with Crippen LogP contribution < -0.4 is 16.4 Å². The zero-order valence-electron chi connectivity index (χ0n) is 14.2. The fraction of sp³-hybridized carbons (Fsp3) is 0.750. The molecule has 0 radical (unpaired) electrons. The number of carbonyl (C=O) groups is 4. The second kappa shape index (κ2) is 8.80. The Bertz CT molecular complexity index is 533. The van der Waals surface area contributed by atoms with E-state index in [1.54, 1.807) is 4.90 Å². The number of carbonyl (C=O) groups excluding carboxylic acids is 3. The summed E-state index contributed by atoms with van der Waals surface area (Å²) in [5, 5.41) is 14.4. The standard InChI is InChI=1S/C16H26N4O5/c17-14(23)10(6-7-13(21)22)19-15(24)12-5-1-2-9-20(12)16(25)11-4-3-8-18-11/h10-12,18H,1-9H2,(H2,17,23)(H,19,24)(H,21,22)/t10-,11+,12-/m0/s1. The van der Waals surface area contributed by atoms with Crippen molar-refractivity contribution in [3.05, 3.63) is 0 Å². The third kappa shape index (κ3) is 5.15. The van der Waals surface area contributed by atoms with Crippen molar-refractivity contribution in [3.63, 3.8) is 0 Å². The summed E-state index contributed by atoms with van der Waals surface area (Å²) in [4.78, 5) is 49.0. The van der Waals surface area contributed by atoms with Crippen molar-refractivity contribution >= 4 is 23.7 Å². The van der Waals surface area contributed by atoms with Gasteiger partial charge in [-0.3, -0.25) is 19.2 Å². The second-order valence-corrected chi connectivity index (χ2v) is 6.59. The number of primary amides is 1. The summed E-state index contributed by atoms with van der Waals surface area (Å²) in [6.07, 6.45) is 3.52. The molecule has 2 aliphatic rings. The fourth-order valence-electron chi connectivity index (χ4n) is 3.38. The number of carboxylic acids is 1. The molecule has 9 nitrogen and oxygen atoms in total. The quantitative estimate of drug-likeness (QED) is 0.460. The highest BCUT2D eigenvalue weighted by molar-refractivity contribution is 5.93. The van der Waals surface area contributed by atoms with Gasteiger partial charge in [-0.15, -0.1) is 0 Å². The predicted octanol–water partition coefficient (Wildman–Crippen LogP) is -1.05. The van der Waals surface area contributed by atoms with Crippen molar-refractivity contribution in [1.29, 1.82) is 0 Å². The Morgan fingerprint density at radius 1 is 1.20 bits per heavy atom. The molecule has 2 fully saturated rings. The Labute approximate surface area is 146 Å². The summed E-state index contributed by atoms with van der Waals surface area (Å²) in [7, 11) is 0. The van der Waals surface area contributed by atoms with E-state index in [1.807, 2.05) is 0 Å². The lowest BCUT2D eigenvalue weighted by Gasteiger charge is -2.36. The molecule has 0 aromatic rings. The molecule has 0 bridgehead atoms. The number of rotatable bonds is 7. The van der Waals surface area contributed by atoms with Crippen LogP contribution in [0.1, 0.15) is 44.9 Å². The lowest BCUT2D eigenvalue weighted by molar-refractivity contribution is -0.144. The average Bonchev–Trinajstić information content (AvgIpc) is 3.11. The third-order valence-corrected chi connectivity index (χ3v) is 4.75. The largest absolute Gasteiger partial charge is 0.481 e. The van der Waals surface area contributed by atoms with Gasteiger partial charge >= 0.3 is 5.97 Å². The normalized spacial score (nSPS) is 24.6. The van der Waals surface area contributed by atoms with Crippen molar-refractivity contribution in [2.75, 3.05) is 13.1 Å². The molecule has 9 heteroatoms. The average molecular weight is 354 g/mol. The maximum atomic E-state index is 12.7. The number of nitrogens with zero attached hydrogens (tertiary/aromatic N) is 1. The van der Waals surface area contributed by atoms with E-state index in [9.17, 15) is 19.2 Å². The summed E-state index contributed by atoms with van der Waals surface area (Å²) in [5.74, 6) is -2.37. The minimum Gasteiger partial charge on any atom is -0.481 e. The van der Waals surface area contributed by atoms with Gasteiger partial charge in [-0.05, 0) is 45.1 Å². The van der Waals surface area contributed by atoms with Crippen LogP contribution in [0.2, 0.25) is 0 Å². The van der Waals surface area contributed by atoms with E-state index in [0.29, 0.717) is 13.0 Å². The van der Waals surface area contributed by atoms with Gasteiger partial charge < -0.3 is 26.4 Å². The SMILES string of the molecule is NC(=O)[C@H](CCC(=O)O)NC(=O)[C@@H]1CCCCN1C(=O)[C@H]1CCCN1. The molecular formula is C16H26N4O5. The second-order valence-electron chi connectivity index (χ2n) is 6.59. The smallest absolute Gasteiger partial charge is 0.303 e. The lowest BCUT2D eigenvalue weighted by Crippen LogP contribution is -2.58. The lowest BCUT2D eigenvalue weighted by atomic mass is 9.99. The Kier molecular flexibility index (Phi) is 6.74. The number of amides is 3. The van der Waals surface area contributed by atoms with Gasteiger partial charge in [0.15, 0.2) is 0 Å². The number of hydrogen-bond donors (Lipinski definition) is 4. The maximum absolute atomic E-state index is 12.7. The topological polar surface area (TPSA) is 142 Å². The summed E-state index contributed by atoms with van der Waals surface area (Å²) >= 11 is 0. The van der Waals surface area contributed by atoms with E-state index in [1.165, 1.54) is 0 Å². The molecule has 0 aromatic heterocycles. The van der Waals surface area contributed by atoms with Gasteiger partial charge in [0, 0.05) is 13.0 Å². The summed E-state index contributed by atoms with van der Waals surface area (Å²) in [6, 6.07) is -1.95. The predicted molar refractivity (Wildman–Crippen MR) is 88.4 cm³/mol. The Morgan fingerprint density at radius 3 is 2.56 bits per heavy atom. The summed E-state index contributed by atoms with van der Waals surface area (Å²) in [5.41, 5.74) is 5.26. The minimum absolute atomic E-state index is 0.0682. The molecule has 3 atom stereocenters. The summed E-state index contributed by atoms with van der Waals surface area (Å²) < 4.78 is 0. The van der Waals surface area contributed by atoms with Gasteiger partial charge in [0.2, 0.25) is 17.7 Å². The minimum atomic E-state index is -1.07. The molecule has 3 amide bonds. The van der Waals surface area contributed by atoms with Gasteiger partial charge in [-0.1, -0.05) is 0 Å². The number of hydrogen-bond acceptors (Lipinski definition) is 5. The van der Waals surface area contributed by atoms with Crippen molar-refractivity contribution in [2.45, 2.75) is 63.1 Å². The summed E-state index contributed by atoms with van der Waals surface area (Å²) in [6.45, 7) is 1.30. The Morgan fingerprint density at radius 2 is 1.96 bits per heavy atom. The van der Waals surface area contributed by atoms with Crippen LogP contribution in [0.15, 0.2) is 0 Å².